The van der Waals surface area contributed by atoms with Crippen molar-refractivity contribution in [3.05, 3.63) is 47.5 Å². The highest BCUT2D eigenvalue weighted by Crippen LogP contribution is 2.33. The highest BCUT2D eigenvalue weighted by molar-refractivity contribution is 6.61. The van der Waals surface area contributed by atoms with Crippen LogP contribution in [0.5, 0.6) is 17.2 Å². The zero-order valence-corrected chi connectivity index (χ0v) is 19.4. The summed E-state index contributed by atoms with van der Waals surface area (Å²) >= 11 is 0. The summed E-state index contributed by atoms with van der Waals surface area (Å²) in [6.07, 6.45) is 0.927. The minimum absolute atomic E-state index is 0.0874. The number of hydrogen-bond acceptors (Lipinski definition) is 6. The van der Waals surface area contributed by atoms with Crippen LogP contribution < -0.4 is 20.3 Å². The molecule has 2 aromatic carbocycles. The molecule has 1 unspecified atom stereocenters. The lowest BCUT2D eigenvalue weighted by Crippen LogP contribution is -2.33. The predicted molar refractivity (Wildman–Crippen MR) is 124 cm³/mol. The molecular formula is C24H32BNO6. The first-order chi connectivity index (χ1) is 15.2. The summed E-state index contributed by atoms with van der Waals surface area (Å²) in [5.74, 6) is 1.95. The number of alkyl carbamates (subject to hydrolysis) is 1. The highest BCUT2D eigenvalue weighted by Gasteiger charge is 2.35. The molecule has 0 saturated heterocycles. The maximum atomic E-state index is 11.6. The molecule has 1 heterocycles. The molecule has 0 spiro atoms. The van der Waals surface area contributed by atoms with Crippen LogP contribution >= 0.6 is 0 Å². The number of carbonyl (C=O) groups is 1. The summed E-state index contributed by atoms with van der Waals surface area (Å²) in [5, 5.41) is 13.0. The number of hydrogen-bond donors (Lipinski definition) is 2. The van der Waals surface area contributed by atoms with Crippen LogP contribution in [-0.4, -0.2) is 37.0 Å². The molecule has 3 rings (SSSR count). The first-order valence-corrected chi connectivity index (χ1v) is 11.0. The van der Waals surface area contributed by atoms with Crippen LogP contribution in [0.4, 0.5) is 4.79 Å². The van der Waals surface area contributed by atoms with E-state index in [1.54, 1.807) is 0 Å². The molecule has 1 amide bonds. The maximum Gasteiger partial charge on any atom is 0.492 e. The van der Waals surface area contributed by atoms with E-state index in [0.717, 1.165) is 23.0 Å². The molecule has 7 nitrogen and oxygen atoms in total. The normalized spacial score (nSPS) is 15.3. The molecule has 1 atom stereocenters. The van der Waals surface area contributed by atoms with Crippen LogP contribution in [0, 0.1) is 6.92 Å². The predicted octanol–water partition coefficient (Wildman–Crippen LogP) is 4.25. The highest BCUT2D eigenvalue weighted by atomic mass is 16.6. The third kappa shape index (κ3) is 6.40. The van der Waals surface area contributed by atoms with E-state index in [2.05, 4.69) is 5.32 Å². The Kier molecular flexibility index (Phi) is 7.69. The molecule has 0 aliphatic carbocycles. The van der Waals surface area contributed by atoms with Gasteiger partial charge in [0.15, 0.2) is 0 Å². The second kappa shape index (κ2) is 10.3. The zero-order valence-electron chi connectivity index (χ0n) is 19.4. The van der Waals surface area contributed by atoms with Crippen molar-refractivity contribution >= 4 is 18.7 Å². The SMILES string of the molecule is CCC1OB(O)c2cc(Oc3cccc(OCCCNC(=O)OC(C)(C)C)c3)cc(C)c21. The monoisotopic (exact) mass is 441 g/mol. The molecule has 0 radical (unpaired) electrons. The van der Waals surface area contributed by atoms with Crippen molar-refractivity contribution < 1.29 is 28.7 Å². The molecule has 172 valence electrons. The molecule has 32 heavy (non-hydrogen) atoms. The van der Waals surface area contributed by atoms with E-state index in [4.69, 9.17) is 18.9 Å². The van der Waals surface area contributed by atoms with Gasteiger partial charge in [-0.05, 0) is 81.4 Å². The van der Waals surface area contributed by atoms with Crippen molar-refractivity contribution in [3.63, 3.8) is 0 Å². The average Bonchev–Trinajstić information content (AvgIpc) is 3.03. The molecule has 1 aliphatic rings. The number of nitrogens with one attached hydrogen (secondary N) is 1. The van der Waals surface area contributed by atoms with Gasteiger partial charge in [0.25, 0.3) is 0 Å². The van der Waals surface area contributed by atoms with E-state index >= 15 is 0 Å². The van der Waals surface area contributed by atoms with Gasteiger partial charge >= 0.3 is 13.2 Å². The lowest BCUT2D eigenvalue weighted by Gasteiger charge is -2.19. The molecular weight excluding hydrogens is 409 g/mol. The third-order valence-electron chi connectivity index (χ3n) is 4.94. The Morgan fingerprint density at radius 2 is 1.94 bits per heavy atom. The average molecular weight is 441 g/mol. The second-order valence-electron chi connectivity index (χ2n) is 8.84. The standard InChI is InChI=1S/C24H32BNO6/c1-6-21-22-16(2)13-19(15-20(22)25(28)32-21)30-18-10-7-9-17(14-18)29-12-8-11-26-23(27)31-24(3,4)5/h7,9-10,13-15,21,28H,6,8,11-12H2,1-5H3,(H,26,27). The van der Waals surface area contributed by atoms with Crippen molar-refractivity contribution in [1.29, 1.82) is 0 Å². The van der Waals surface area contributed by atoms with Crippen molar-refractivity contribution in [2.45, 2.75) is 59.2 Å². The Balaban J connectivity index is 1.53. The van der Waals surface area contributed by atoms with Gasteiger partial charge in [0.2, 0.25) is 0 Å². The number of ether oxygens (including phenoxy) is 3. The van der Waals surface area contributed by atoms with Gasteiger partial charge in [-0.2, -0.15) is 0 Å². The van der Waals surface area contributed by atoms with Crippen molar-refractivity contribution in [2.24, 2.45) is 0 Å². The fourth-order valence-electron chi connectivity index (χ4n) is 3.62. The Hall–Kier alpha value is -2.71. The summed E-state index contributed by atoms with van der Waals surface area (Å²) in [7, 11) is -0.929. The molecule has 0 bridgehead atoms. The first kappa shape index (κ1) is 23.9. The summed E-state index contributed by atoms with van der Waals surface area (Å²) in [6, 6.07) is 11.2. The van der Waals surface area contributed by atoms with E-state index in [-0.39, 0.29) is 6.10 Å². The van der Waals surface area contributed by atoms with E-state index < -0.39 is 18.8 Å². The van der Waals surface area contributed by atoms with E-state index in [9.17, 15) is 9.82 Å². The Morgan fingerprint density at radius 1 is 1.19 bits per heavy atom. The number of amides is 1. The molecule has 2 N–H and O–H groups in total. The smallest absolute Gasteiger partial charge is 0.492 e. The Bertz CT molecular complexity index is 943. The van der Waals surface area contributed by atoms with Gasteiger partial charge in [0.05, 0.1) is 12.7 Å². The lowest BCUT2D eigenvalue weighted by molar-refractivity contribution is 0.0525. The minimum Gasteiger partial charge on any atom is -0.493 e. The van der Waals surface area contributed by atoms with Gasteiger partial charge in [0, 0.05) is 12.6 Å². The topological polar surface area (TPSA) is 86.3 Å². The number of carbonyl (C=O) groups excluding carboxylic acids is 1. The van der Waals surface area contributed by atoms with E-state index in [1.807, 2.05) is 71.0 Å². The zero-order chi connectivity index (χ0) is 23.3. The number of benzene rings is 2. The molecule has 0 fully saturated rings. The van der Waals surface area contributed by atoms with Crippen molar-refractivity contribution in [3.8, 4) is 17.2 Å². The van der Waals surface area contributed by atoms with Gasteiger partial charge in [-0.25, -0.2) is 4.79 Å². The first-order valence-electron chi connectivity index (χ1n) is 11.0. The van der Waals surface area contributed by atoms with Gasteiger partial charge < -0.3 is 29.2 Å². The van der Waals surface area contributed by atoms with Crippen LogP contribution in [0.3, 0.4) is 0 Å². The molecule has 0 saturated carbocycles. The van der Waals surface area contributed by atoms with Crippen LogP contribution in [0.1, 0.15) is 57.8 Å². The van der Waals surface area contributed by atoms with Gasteiger partial charge in [-0.1, -0.05) is 13.0 Å². The largest absolute Gasteiger partial charge is 0.493 e. The van der Waals surface area contributed by atoms with Crippen LogP contribution in [0.15, 0.2) is 36.4 Å². The maximum absolute atomic E-state index is 11.6. The van der Waals surface area contributed by atoms with Crippen molar-refractivity contribution in [1.82, 2.24) is 5.32 Å². The fraction of sp³-hybridized carbons (Fsp3) is 0.458. The second-order valence-corrected chi connectivity index (χ2v) is 8.84. The minimum atomic E-state index is -0.929. The fourth-order valence-corrected chi connectivity index (χ4v) is 3.62. The summed E-state index contributed by atoms with van der Waals surface area (Å²) in [5.41, 5.74) is 2.33. The number of aryl methyl sites for hydroxylation is 1. The summed E-state index contributed by atoms with van der Waals surface area (Å²) < 4.78 is 22.6. The van der Waals surface area contributed by atoms with Gasteiger partial charge in [0.1, 0.15) is 22.8 Å². The van der Waals surface area contributed by atoms with E-state index in [0.29, 0.717) is 36.8 Å². The summed E-state index contributed by atoms with van der Waals surface area (Å²) in [6.45, 7) is 10.4. The van der Waals surface area contributed by atoms with Gasteiger partial charge in [-0.15, -0.1) is 0 Å². The quantitative estimate of drug-likeness (QED) is 0.471. The van der Waals surface area contributed by atoms with Crippen LogP contribution in [-0.2, 0) is 9.39 Å². The number of rotatable bonds is 8. The Morgan fingerprint density at radius 3 is 2.66 bits per heavy atom. The third-order valence-corrected chi connectivity index (χ3v) is 4.94. The van der Waals surface area contributed by atoms with E-state index in [1.165, 1.54) is 0 Å². The van der Waals surface area contributed by atoms with Gasteiger partial charge in [-0.3, -0.25) is 0 Å². The van der Waals surface area contributed by atoms with Crippen LogP contribution in [0.25, 0.3) is 0 Å². The lowest BCUT2D eigenvalue weighted by atomic mass is 9.77. The van der Waals surface area contributed by atoms with Crippen LogP contribution in [0.2, 0.25) is 0 Å². The molecule has 2 aromatic rings. The molecule has 8 heteroatoms. The van der Waals surface area contributed by atoms with Crippen molar-refractivity contribution in [2.75, 3.05) is 13.2 Å². The summed E-state index contributed by atoms with van der Waals surface area (Å²) in [4.78, 5) is 11.6. The Labute approximate surface area is 190 Å². The molecule has 1 aliphatic heterocycles. The molecule has 0 aromatic heterocycles. The number of fused-ring (bicyclic) bond motifs is 1.